The molecule has 2 unspecified atom stereocenters. The Morgan fingerprint density at radius 3 is 1.58 bits per heavy atom. The second kappa shape index (κ2) is 14.8. The largest absolute Gasteiger partial charge is 0.425 e. The van der Waals surface area contributed by atoms with Crippen molar-refractivity contribution >= 4 is 41.2 Å². The van der Waals surface area contributed by atoms with Crippen LogP contribution in [0.3, 0.4) is 0 Å². The van der Waals surface area contributed by atoms with Crippen LogP contribution in [0.5, 0.6) is 11.5 Å². The van der Waals surface area contributed by atoms with Gasteiger partial charge >= 0.3 is 11.9 Å². The molecule has 2 rings (SSSR count). The maximum atomic E-state index is 13.0. The molecule has 1 aliphatic heterocycles. The number of hydrogen-bond donors (Lipinski definition) is 0. The first kappa shape index (κ1) is 32.0. The van der Waals surface area contributed by atoms with Crippen LogP contribution in [0.25, 0.3) is 0 Å². The molecule has 38 heavy (non-hydrogen) atoms. The summed E-state index contributed by atoms with van der Waals surface area (Å²) in [5.74, 6) is -0.579. The van der Waals surface area contributed by atoms with Crippen molar-refractivity contribution in [1.29, 1.82) is 5.26 Å². The van der Waals surface area contributed by atoms with E-state index in [1.807, 2.05) is 13.8 Å². The summed E-state index contributed by atoms with van der Waals surface area (Å²) in [6.45, 7) is 13.4. The van der Waals surface area contributed by atoms with Crippen LogP contribution >= 0.6 is 23.5 Å². The van der Waals surface area contributed by atoms with Gasteiger partial charge in [-0.05, 0) is 37.8 Å². The third kappa shape index (κ3) is 8.13. The molecule has 0 saturated heterocycles. The maximum Gasteiger partial charge on any atom is 0.314 e. The Hall–Kier alpha value is -2.24. The van der Waals surface area contributed by atoms with Gasteiger partial charge in [0.05, 0.1) is 25.9 Å². The molecule has 8 heteroatoms. The Morgan fingerprint density at radius 2 is 1.26 bits per heavy atom. The minimum absolute atomic E-state index is 0.0574. The number of allylic oxidation sites excluding steroid dienone is 1. The number of ether oxygens (including phenoxy) is 2. The molecule has 0 bridgehead atoms. The summed E-state index contributed by atoms with van der Waals surface area (Å²) in [6.07, 6.45) is 6.74. The molecule has 0 N–H and O–H groups in total. The number of carbonyl (C=O) groups excluding carboxylic acids is 3. The summed E-state index contributed by atoms with van der Waals surface area (Å²) in [6, 6.07) is 5.37. The minimum atomic E-state index is -0.736. The number of benzene rings is 1. The van der Waals surface area contributed by atoms with E-state index in [0.717, 1.165) is 38.5 Å². The fourth-order valence-electron chi connectivity index (χ4n) is 4.01. The lowest BCUT2D eigenvalue weighted by Gasteiger charge is -2.17. The molecule has 0 saturated carbocycles. The highest BCUT2D eigenvalue weighted by Gasteiger charge is 2.35. The minimum Gasteiger partial charge on any atom is -0.425 e. The molecule has 0 aromatic heterocycles. The van der Waals surface area contributed by atoms with Gasteiger partial charge in [0.25, 0.3) is 0 Å². The molecule has 1 aromatic rings. The Kier molecular flexibility index (Phi) is 12.4. The maximum absolute atomic E-state index is 13.0. The van der Waals surface area contributed by atoms with Crippen LogP contribution in [0.2, 0.25) is 0 Å². The predicted octanol–water partition coefficient (Wildman–Crippen LogP) is 8.48. The van der Waals surface area contributed by atoms with E-state index in [1.54, 1.807) is 32.9 Å². The molecule has 1 aromatic carbocycles. The van der Waals surface area contributed by atoms with Gasteiger partial charge in [-0.15, -0.1) is 0 Å². The summed E-state index contributed by atoms with van der Waals surface area (Å²) < 4.78 is 12.2. The summed E-state index contributed by atoms with van der Waals surface area (Å²) in [7, 11) is 0. The average Bonchev–Trinajstić information content (AvgIpc) is 3.32. The average molecular weight is 560 g/mol. The van der Waals surface area contributed by atoms with Crippen LogP contribution in [0.15, 0.2) is 31.7 Å². The van der Waals surface area contributed by atoms with Crippen LogP contribution in [-0.4, -0.2) is 17.7 Å². The van der Waals surface area contributed by atoms with Crippen LogP contribution < -0.4 is 9.47 Å². The number of Topliss-reactive ketones (excluding diaryl/α,β-unsaturated/α-hetero) is 1. The molecular formula is C30H41NO5S2. The topological polar surface area (TPSA) is 93.5 Å². The van der Waals surface area contributed by atoms with Crippen molar-refractivity contribution in [2.75, 3.05) is 0 Å². The van der Waals surface area contributed by atoms with Crippen molar-refractivity contribution in [3.63, 3.8) is 0 Å². The van der Waals surface area contributed by atoms with Gasteiger partial charge in [0.1, 0.15) is 23.1 Å². The van der Waals surface area contributed by atoms with Crippen molar-refractivity contribution < 1.29 is 23.9 Å². The molecular weight excluding hydrogens is 518 g/mol. The van der Waals surface area contributed by atoms with E-state index < -0.39 is 5.41 Å². The Morgan fingerprint density at radius 1 is 0.842 bits per heavy atom. The third-order valence-electron chi connectivity index (χ3n) is 6.54. The highest BCUT2D eigenvalue weighted by molar-refractivity contribution is 8.24. The van der Waals surface area contributed by atoms with Crippen molar-refractivity contribution in [2.24, 2.45) is 17.3 Å². The molecule has 0 spiro atoms. The van der Waals surface area contributed by atoms with Crippen molar-refractivity contribution in [1.82, 2.24) is 0 Å². The molecule has 1 heterocycles. The SMILES string of the molecule is CCCCC(CC)C(=O)Oc1ccc(OC(=O)C(CC)CCCC)c2c1SC(=C(C#N)C(=O)C(C)(C)C)S2. The van der Waals surface area contributed by atoms with Crippen LogP contribution in [-0.2, 0) is 14.4 Å². The third-order valence-corrected chi connectivity index (χ3v) is 9.17. The lowest BCUT2D eigenvalue weighted by atomic mass is 9.87. The molecule has 6 nitrogen and oxygen atoms in total. The van der Waals surface area contributed by atoms with Crippen molar-refractivity contribution in [3.8, 4) is 17.6 Å². The smallest absolute Gasteiger partial charge is 0.314 e. The molecule has 1 aliphatic rings. The van der Waals surface area contributed by atoms with Gasteiger partial charge in [-0.2, -0.15) is 5.26 Å². The predicted molar refractivity (Wildman–Crippen MR) is 153 cm³/mol. The fraction of sp³-hybridized carbons (Fsp3) is 0.600. The number of nitrogens with zero attached hydrogens (tertiary/aromatic N) is 1. The molecule has 0 radical (unpaired) electrons. The Balaban J connectivity index is 2.50. The first-order valence-electron chi connectivity index (χ1n) is 13.7. The second-order valence-electron chi connectivity index (χ2n) is 10.6. The second-order valence-corrected chi connectivity index (χ2v) is 12.9. The zero-order chi connectivity index (χ0) is 28.5. The van der Waals surface area contributed by atoms with Gasteiger partial charge in [-0.3, -0.25) is 14.4 Å². The number of fused-ring (bicyclic) bond motifs is 1. The number of rotatable bonds is 13. The van der Waals surface area contributed by atoms with Gasteiger partial charge in [0, 0.05) is 5.41 Å². The summed E-state index contributed by atoms with van der Waals surface area (Å²) in [4.78, 5) is 40.2. The van der Waals surface area contributed by atoms with E-state index in [-0.39, 0.29) is 35.1 Å². The number of carbonyl (C=O) groups is 3. The van der Waals surface area contributed by atoms with Gasteiger partial charge < -0.3 is 9.47 Å². The number of hydrogen-bond acceptors (Lipinski definition) is 8. The highest BCUT2D eigenvalue weighted by atomic mass is 32.2. The van der Waals surface area contributed by atoms with Gasteiger partial charge in [0.2, 0.25) is 0 Å². The highest BCUT2D eigenvalue weighted by Crippen LogP contribution is 2.59. The first-order valence-corrected chi connectivity index (χ1v) is 15.3. The number of unbranched alkanes of at least 4 members (excludes halogenated alkanes) is 2. The van der Waals surface area contributed by atoms with E-state index in [9.17, 15) is 19.6 Å². The zero-order valence-electron chi connectivity index (χ0n) is 23.8. The van der Waals surface area contributed by atoms with Crippen LogP contribution in [0.1, 0.15) is 99.8 Å². The summed E-state index contributed by atoms with van der Waals surface area (Å²) >= 11 is 2.44. The van der Waals surface area contributed by atoms with Crippen LogP contribution in [0, 0.1) is 28.6 Å². The molecule has 208 valence electrons. The van der Waals surface area contributed by atoms with E-state index in [1.165, 1.54) is 23.5 Å². The number of esters is 2. The Bertz CT molecular complexity index is 1040. The number of ketones is 1. The van der Waals surface area contributed by atoms with Crippen LogP contribution in [0.4, 0.5) is 0 Å². The lowest BCUT2D eigenvalue weighted by Crippen LogP contribution is -2.21. The molecule has 0 fully saturated rings. The van der Waals surface area contributed by atoms with Gasteiger partial charge in [-0.1, -0.05) is 97.7 Å². The fourth-order valence-corrected chi connectivity index (χ4v) is 6.59. The normalized spacial score (nSPS) is 14.3. The van der Waals surface area contributed by atoms with E-state index in [4.69, 9.17) is 9.47 Å². The van der Waals surface area contributed by atoms with Crippen molar-refractivity contribution in [2.45, 2.75) is 110 Å². The first-order chi connectivity index (χ1) is 18.0. The summed E-state index contributed by atoms with van der Waals surface area (Å²) in [5.41, 5.74) is -0.679. The lowest BCUT2D eigenvalue weighted by molar-refractivity contribution is -0.140. The monoisotopic (exact) mass is 559 g/mol. The van der Waals surface area contributed by atoms with E-state index >= 15 is 0 Å². The van der Waals surface area contributed by atoms with E-state index in [2.05, 4.69) is 19.9 Å². The molecule has 0 aliphatic carbocycles. The summed E-state index contributed by atoms with van der Waals surface area (Å²) in [5, 5.41) is 9.88. The zero-order valence-corrected chi connectivity index (χ0v) is 25.4. The molecule has 2 atom stereocenters. The number of nitriles is 1. The van der Waals surface area contributed by atoms with Gasteiger partial charge in [-0.25, -0.2) is 0 Å². The van der Waals surface area contributed by atoms with Gasteiger partial charge in [0.15, 0.2) is 5.78 Å². The number of thioether (sulfide) groups is 2. The van der Waals surface area contributed by atoms with E-state index in [0.29, 0.717) is 38.4 Å². The van der Waals surface area contributed by atoms with Crippen molar-refractivity contribution in [3.05, 3.63) is 21.9 Å². The quantitative estimate of drug-likeness (QED) is 0.103. The Labute approximate surface area is 236 Å². The standard InChI is InChI=1S/C30H41NO5S2/c1-8-12-14-19(10-3)27(33)35-22-16-17-23(36-28(34)20(11-4)15-13-9-2)25-24(22)37-29(38-25)21(18-31)26(32)30(5,6)7/h16-17,19-20H,8-15H2,1-7H3. The molecule has 0 amide bonds.